The molecule has 0 bridgehead atoms. The molecule has 0 unspecified atom stereocenters. The van der Waals surface area contributed by atoms with Gasteiger partial charge in [-0.1, -0.05) is 5.16 Å². The molecule has 0 aliphatic heterocycles. The van der Waals surface area contributed by atoms with Gasteiger partial charge in [-0.05, 0) is 50.2 Å². The first-order chi connectivity index (χ1) is 12.8. The number of hydrogen-bond donors (Lipinski definition) is 1. The molecule has 0 radical (unpaired) electrons. The van der Waals surface area contributed by atoms with Crippen molar-refractivity contribution in [3.8, 4) is 5.75 Å². The smallest absolute Gasteiger partial charge is 0.261 e. The number of nitrogens with zero attached hydrogens (tertiary/aromatic N) is 1. The number of sulfonamides is 1. The highest BCUT2D eigenvalue weighted by Crippen LogP contribution is 2.23. The van der Waals surface area contributed by atoms with Crippen LogP contribution in [-0.2, 0) is 16.6 Å². The zero-order chi connectivity index (χ0) is 19.6. The molecule has 1 heterocycles. The monoisotopic (exact) mass is 394 g/mol. The van der Waals surface area contributed by atoms with Crippen LogP contribution < -0.4 is 9.46 Å². The molecule has 3 aromatic rings. The van der Waals surface area contributed by atoms with Crippen LogP contribution in [0.3, 0.4) is 0 Å². The fourth-order valence-corrected chi connectivity index (χ4v) is 3.42. The fourth-order valence-electron chi connectivity index (χ4n) is 2.36. The minimum Gasteiger partial charge on any atom is -0.489 e. The minimum atomic E-state index is -4.08. The molecule has 0 saturated carbocycles. The Morgan fingerprint density at radius 3 is 2.44 bits per heavy atom. The fraction of sp³-hybridized carbons (Fsp3) is 0.167. The van der Waals surface area contributed by atoms with E-state index in [-0.39, 0.29) is 11.5 Å². The van der Waals surface area contributed by atoms with Crippen molar-refractivity contribution in [2.24, 2.45) is 0 Å². The van der Waals surface area contributed by atoms with Crippen LogP contribution in [0.1, 0.15) is 17.0 Å². The quantitative estimate of drug-likeness (QED) is 0.685. The Morgan fingerprint density at radius 1 is 1.11 bits per heavy atom. The van der Waals surface area contributed by atoms with Gasteiger partial charge >= 0.3 is 0 Å². The second kappa shape index (κ2) is 7.36. The van der Waals surface area contributed by atoms with Crippen LogP contribution in [-0.4, -0.2) is 13.6 Å². The summed E-state index contributed by atoms with van der Waals surface area (Å²) in [6, 6.07) is 8.07. The average molecular weight is 394 g/mol. The van der Waals surface area contributed by atoms with E-state index in [1.165, 1.54) is 24.3 Å². The molecule has 1 aromatic heterocycles. The van der Waals surface area contributed by atoms with E-state index in [0.717, 1.165) is 23.8 Å². The molecule has 0 aliphatic rings. The Kier molecular flexibility index (Phi) is 5.13. The third-order valence-electron chi connectivity index (χ3n) is 3.87. The van der Waals surface area contributed by atoms with E-state index in [9.17, 15) is 17.2 Å². The maximum atomic E-state index is 13.7. The van der Waals surface area contributed by atoms with Crippen molar-refractivity contribution in [2.75, 3.05) is 4.72 Å². The molecule has 0 saturated heterocycles. The molecule has 142 valence electrons. The first-order valence-corrected chi connectivity index (χ1v) is 9.37. The molecule has 0 amide bonds. The van der Waals surface area contributed by atoms with E-state index in [1.54, 1.807) is 13.8 Å². The number of aromatic nitrogens is 1. The number of halogens is 2. The zero-order valence-electron chi connectivity index (χ0n) is 14.5. The maximum Gasteiger partial charge on any atom is 0.261 e. The standard InChI is InChI=1S/C18H16F2N2O4S/c1-11-16(12(2)26-21-11)10-25-14-4-6-15(7-5-14)27(23,24)22-18-9-13(19)3-8-17(18)20/h3-9,22H,10H2,1-2H3. The van der Waals surface area contributed by atoms with E-state index >= 15 is 0 Å². The van der Waals surface area contributed by atoms with Crippen molar-refractivity contribution in [1.29, 1.82) is 0 Å². The second-order valence-electron chi connectivity index (χ2n) is 5.79. The van der Waals surface area contributed by atoms with Crippen LogP contribution in [0.25, 0.3) is 0 Å². The number of anilines is 1. The Hall–Kier alpha value is -2.94. The lowest BCUT2D eigenvalue weighted by atomic mass is 10.2. The van der Waals surface area contributed by atoms with Gasteiger partial charge in [0.25, 0.3) is 10.0 Å². The summed E-state index contributed by atoms with van der Waals surface area (Å²) in [5, 5.41) is 3.83. The summed E-state index contributed by atoms with van der Waals surface area (Å²) >= 11 is 0. The normalized spacial score (nSPS) is 11.4. The molecule has 27 heavy (non-hydrogen) atoms. The van der Waals surface area contributed by atoms with Gasteiger partial charge in [0.2, 0.25) is 0 Å². The Labute approximate surface area is 154 Å². The number of aryl methyl sites for hydroxylation is 2. The summed E-state index contributed by atoms with van der Waals surface area (Å²) in [7, 11) is -4.08. The summed E-state index contributed by atoms with van der Waals surface area (Å²) < 4.78 is 64.2. The van der Waals surface area contributed by atoms with Crippen molar-refractivity contribution < 1.29 is 26.5 Å². The minimum absolute atomic E-state index is 0.115. The Morgan fingerprint density at radius 2 is 1.81 bits per heavy atom. The average Bonchev–Trinajstić information content (AvgIpc) is 2.94. The predicted molar refractivity (Wildman–Crippen MR) is 93.9 cm³/mol. The molecule has 0 fully saturated rings. The number of hydrogen-bond acceptors (Lipinski definition) is 5. The molecular formula is C18H16F2N2O4S. The molecule has 3 rings (SSSR count). The van der Waals surface area contributed by atoms with E-state index in [1.807, 2.05) is 4.72 Å². The van der Waals surface area contributed by atoms with Crippen molar-refractivity contribution in [3.63, 3.8) is 0 Å². The zero-order valence-corrected chi connectivity index (χ0v) is 15.3. The van der Waals surface area contributed by atoms with Crippen LogP contribution in [0.15, 0.2) is 51.9 Å². The predicted octanol–water partition coefficient (Wildman–Crippen LogP) is 3.95. The highest BCUT2D eigenvalue weighted by atomic mass is 32.2. The summed E-state index contributed by atoms with van der Waals surface area (Å²) in [5.74, 6) is -0.546. The van der Waals surface area contributed by atoms with E-state index < -0.39 is 27.3 Å². The van der Waals surface area contributed by atoms with Crippen molar-refractivity contribution in [2.45, 2.75) is 25.3 Å². The number of rotatable bonds is 6. The highest BCUT2D eigenvalue weighted by Gasteiger charge is 2.17. The van der Waals surface area contributed by atoms with Crippen LogP contribution in [0.4, 0.5) is 14.5 Å². The topological polar surface area (TPSA) is 81.4 Å². The van der Waals surface area contributed by atoms with Crippen LogP contribution in [0.2, 0.25) is 0 Å². The molecule has 1 N–H and O–H groups in total. The van der Waals surface area contributed by atoms with Crippen molar-refractivity contribution in [3.05, 3.63) is 71.1 Å². The lowest BCUT2D eigenvalue weighted by Gasteiger charge is -2.10. The van der Waals surface area contributed by atoms with Gasteiger partial charge in [-0.15, -0.1) is 0 Å². The van der Waals surface area contributed by atoms with Gasteiger partial charge in [-0.3, -0.25) is 4.72 Å². The SMILES string of the molecule is Cc1noc(C)c1COc1ccc(S(=O)(=O)Nc2cc(F)ccc2F)cc1. The third kappa shape index (κ3) is 4.25. The molecular weight excluding hydrogens is 378 g/mol. The van der Waals surface area contributed by atoms with Gasteiger partial charge < -0.3 is 9.26 Å². The number of ether oxygens (including phenoxy) is 1. The largest absolute Gasteiger partial charge is 0.489 e. The highest BCUT2D eigenvalue weighted by molar-refractivity contribution is 7.92. The number of nitrogens with one attached hydrogen (secondary N) is 1. The van der Waals surface area contributed by atoms with Crippen molar-refractivity contribution >= 4 is 15.7 Å². The van der Waals surface area contributed by atoms with Crippen LogP contribution in [0, 0.1) is 25.5 Å². The van der Waals surface area contributed by atoms with Gasteiger partial charge in [0.1, 0.15) is 29.8 Å². The molecule has 0 aliphatic carbocycles. The molecule has 0 atom stereocenters. The van der Waals surface area contributed by atoms with Gasteiger partial charge in [0.05, 0.1) is 21.8 Å². The van der Waals surface area contributed by atoms with Crippen LogP contribution in [0.5, 0.6) is 5.75 Å². The lowest BCUT2D eigenvalue weighted by Crippen LogP contribution is -2.14. The molecule has 9 heteroatoms. The molecule has 0 spiro atoms. The van der Waals surface area contributed by atoms with E-state index in [2.05, 4.69) is 5.16 Å². The molecule has 2 aromatic carbocycles. The van der Waals surface area contributed by atoms with Gasteiger partial charge in [-0.25, -0.2) is 17.2 Å². The number of benzene rings is 2. The third-order valence-corrected chi connectivity index (χ3v) is 5.25. The van der Waals surface area contributed by atoms with E-state index in [0.29, 0.717) is 17.2 Å². The first kappa shape index (κ1) is 18.8. The van der Waals surface area contributed by atoms with Gasteiger partial charge in [0, 0.05) is 6.07 Å². The summed E-state index contributed by atoms with van der Waals surface area (Å²) in [4.78, 5) is -0.115. The lowest BCUT2D eigenvalue weighted by molar-refractivity contribution is 0.301. The summed E-state index contributed by atoms with van der Waals surface area (Å²) in [5.41, 5.74) is 1.07. The van der Waals surface area contributed by atoms with Gasteiger partial charge in [-0.2, -0.15) is 0 Å². The Bertz CT molecular complexity index is 1040. The van der Waals surface area contributed by atoms with Crippen LogP contribution >= 0.6 is 0 Å². The molecule has 6 nitrogen and oxygen atoms in total. The van der Waals surface area contributed by atoms with Crippen molar-refractivity contribution in [1.82, 2.24) is 5.16 Å². The first-order valence-electron chi connectivity index (χ1n) is 7.89. The summed E-state index contributed by atoms with van der Waals surface area (Å²) in [6.45, 7) is 3.79. The summed E-state index contributed by atoms with van der Waals surface area (Å²) in [6.07, 6.45) is 0. The Balaban J connectivity index is 1.73. The second-order valence-corrected chi connectivity index (χ2v) is 7.47. The van der Waals surface area contributed by atoms with Gasteiger partial charge in [0.15, 0.2) is 0 Å². The maximum absolute atomic E-state index is 13.7. The van der Waals surface area contributed by atoms with E-state index in [4.69, 9.17) is 9.26 Å².